The fraction of sp³-hybridized carbons (Fsp3) is 0.532. The number of benzene rings is 2. The Morgan fingerprint density at radius 1 is 0.902 bits per heavy atom. The highest BCUT2D eigenvalue weighted by atomic mass is 19.1. The third kappa shape index (κ3) is 16.6. The molecule has 0 radical (unpaired) electrons. The van der Waals surface area contributed by atoms with Crippen molar-refractivity contribution < 1.29 is 66.6 Å². The molecule has 1 heterocycles. The Bertz CT molecular complexity index is 1830. The van der Waals surface area contributed by atoms with Crippen LogP contribution < -0.4 is 9.47 Å². The fourth-order valence-corrected chi connectivity index (χ4v) is 7.17. The molecular formula is C47H56F2O12. The quantitative estimate of drug-likeness (QED) is 0.0305. The minimum absolute atomic E-state index is 0.0266. The summed E-state index contributed by atoms with van der Waals surface area (Å²) in [5.74, 6) is 1.38. The number of rotatable bonds is 23. The Kier molecular flexibility index (Phi) is 19.7. The zero-order valence-electron chi connectivity index (χ0n) is 34.6. The van der Waals surface area contributed by atoms with E-state index in [0.29, 0.717) is 45.1 Å². The van der Waals surface area contributed by atoms with E-state index in [1.54, 1.807) is 13.0 Å². The topological polar surface area (TPSA) is 164 Å². The molecule has 12 nitrogen and oxygen atoms in total. The summed E-state index contributed by atoms with van der Waals surface area (Å²) in [7, 11) is 0. The van der Waals surface area contributed by atoms with Crippen molar-refractivity contribution in [3.8, 4) is 36.2 Å². The zero-order valence-corrected chi connectivity index (χ0v) is 34.6. The molecule has 2 aliphatic rings. The molecule has 2 aromatic carbocycles. The molecule has 1 saturated heterocycles. The van der Waals surface area contributed by atoms with E-state index in [1.807, 2.05) is 0 Å². The lowest BCUT2D eigenvalue weighted by Crippen LogP contribution is -2.37. The number of hydrogen-bond donors (Lipinski definition) is 2. The third-order valence-electron chi connectivity index (χ3n) is 10.6. The first-order valence-corrected chi connectivity index (χ1v) is 20.7. The predicted octanol–water partition coefficient (Wildman–Crippen LogP) is 6.69. The van der Waals surface area contributed by atoms with Gasteiger partial charge in [-0.25, -0.2) is 13.6 Å². The number of ether oxygens (including phenoxy) is 6. The van der Waals surface area contributed by atoms with Gasteiger partial charge in [-0.05, 0) is 93.7 Å². The van der Waals surface area contributed by atoms with Gasteiger partial charge in [-0.1, -0.05) is 12.2 Å². The lowest BCUT2D eigenvalue weighted by Gasteiger charge is -2.28. The molecule has 4 rings (SSSR count). The van der Waals surface area contributed by atoms with Gasteiger partial charge in [0.1, 0.15) is 44.1 Å². The smallest absolute Gasteiger partial charge is 0.338 e. The molecule has 6 atom stereocenters. The summed E-state index contributed by atoms with van der Waals surface area (Å²) in [6, 6.07) is 8.72. The van der Waals surface area contributed by atoms with Crippen molar-refractivity contribution in [2.45, 2.75) is 102 Å². The van der Waals surface area contributed by atoms with Crippen LogP contribution in [0.1, 0.15) is 94.3 Å². The summed E-state index contributed by atoms with van der Waals surface area (Å²) < 4.78 is 60.6. The van der Waals surface area contributed by atoms with Crippen molar-refractivity contribution in [3.05, 3.63) is 71.8 Å². The molecule has 0 amide bonds. The molecule has 2 aromatic rings. The third-order valence-corrected chi connectivity index (χ3v) is 10.6. The number of aliphatic hydroxyl groups excluding tert-OH is 2. The number of fused-ring (bicyclic) bond motifs is 1. The number of terminal acetylenes is 2. The van der Waals surface area contributed by atoms with Gasteiger partial charge in [-0.2, -0.15) is 0 Å². The van der Waals surface area contributed by atoms with Crippen molar-refractivity contribution in [2.24, 2.45) is 23.2 Å². The van der Waals surface area contributed by atoms with Crippen molar-refractivity contribution in [3.63, 3.8) is 0 Å². The molecule has 0 bridgehead atoms. The van der Waals surface area contributed by atoms with Crippen molar-refractivity contribution in [1.82, 2.24) is 0 Å². The summed E-state index contributed by atoms with van der Waals surface area (Å²) in [6.07, 6.45) is 17.4. The van der Waals surface area contributed by atoms with Gasteiger partial charge in [0.15, 0.2) is 11.6 Å². The molecule has 0 unspecified atom stereocenters. The monoisotopic (exact) mass is 850 g/mol. The SMILES string of the molecule is C#CCCCC(=O)OCC(C)(COC(=O)CCCC#C)COC(=O)c1ccc(OC(=O)CCC[C@H]2CC[C@@H]3[C@@H](/C=C/[C@@H](O)COc4cc(F)ccc4F)[C@H](O)C[C@@H]3OC2)cc1. The Morgan fingerprint density at radius 3 is 2.20 bits per heavy atom. The standard InChI is InChI=1S/C47H56F2O12/c1-4-6-8-12-43(52)58-29-47(3,30-59-44(53)13-9-7-5-2)31-60-46(55)33-16-20-36(21-17-33)61-45(54)14-10-11-32-15-22-38-37(40(51)26-41(38)56-27-32)23-19-35(50)28-57-42-25-34(48)18-24-39(42)49/h1-2,16-21,23-25,32,35,37-38,40-41,50-51H,6-15,22,26-31H2,3H3/b23-19+/t32-,35+,37+,38+,40+,41-/m0/s1. The number of esters is 4. The molecule has 330 valence electrons. The minimum atomic E-state index is -1.10. The van der Waals surface area contributed by atoms with Crippen LogP contribution in [0.4, 0.5) is 8.78 Å². The molecule has 0 aromatic heterocycles. The molecule has 1 saturated carbocycles. The van der Waals surface area contributed by atoms with E-state index in [9.17, 15) is 38.2 Å². The molecule has 14 heteroatoms. The van der Waals surface area contributed by atoms with E-state index < -0.39 is 53.1 Å². The maximum atomic E-state index is 13.9. The van der Waals surface area contributed by atoms with Crippen molar-refractivity contribution >= 4 is 23.9 Å². The Balaban J connectivity index is 1.18. The maximum absolute atomic E-state index is 13.9. The second kappa shape index (κ2) is 24.8. The van der Waals surface area contributed by atoms with Crippen LogP contribution in [0.5, 0.6) is 11.5 Å². The van der Waals surface area contributed by atoms with E-state index in [2.05, 4.69) is 11.8 Å². The van der Waals surface area contributed by atoms with Crippen molar-refractivity contribution in [2.75, 3.05) is 33.0 Å². The molecule has 2 fully saturated rings. The van der Waals surface area contributed by atoms with Gasteiger partial charge in [-0.3, -0.25) is 14.4 Å². The number of carbonyl (C=O) groups excluding carboxylic acids is 4. The van der Waals surface area contributed by atoms with Gasteiger partial charge in [0.25, 0.3) is 0 Å². The van der Waals surface area contributed by atoms with Gasteiger partial charge < -0.3 is 38.6 Å². The van der Waals surface area contributed by atoms with Crippen LogP contribution in [0.15, 0.2) is 54.6 Å². The molecule has 1 aliphatic carbocycles. The average molecular weight is 851 g/mol. The van der Waals surface area contributed by atoms with Gasteiger partial charge in [0.05, 0.1) is 23.2 Å². The van der Waals surface area contributed by atoms with E-state index >= 15 is 0 Å². The van der Waals surface area contributed by atoms with Crippen LogP contribution in [0.2, 0.25) is 0 Å². The van der Waals surface area contributed by atoms with Crippen LogP contribution in [-0.4, -0.2) is 85.4 Å². The molecule has 61 heavy (non-hydrogen) atoms. The zero-order chi connectivity index (χ0) is 44.2. The van der Waals surface area contributed by atoms with Crippen molar-refractivity contribution in [1.29, 1.82) is 0 Å². The highest BCUT2D eigenvalue weighted by Crippen LogP contribution is 2.42. The normalized spacial score (nSPS) is 20.3. The van der Waals surface area contributed by atoms with Crippen LogP contribution in [-0.2, 0) is 33.3 Å². The van der Waals surface area contributed by atoms with E-state index in [-0.39, 0.29) is 86.6 Å². The summed E-state index contributed by atoms with van der Waals surface area (Å²) in [6.45, 7) is 1.29. The molecule has 2 N–H and O–H groups in total. The molecular weight excluding hydrogens is 795 g/mol. The van der Waals surface area contributed by atoms with E-state index in [0.717, 1.165) is 37.5 Å². The first-order chi connectivity index (χ1) is 29.3. The average Bonchev–Trinajstić information content (AvgIpc) is 3.41. The van der Waals surface area contributed by atoms with E-state index in [1.165, 1.54) is 30.3 Å². The summed E-state index contributed by atoms with van der Waals surface area (Å²) in [5.41, 5.74) is -0.858. The van der Waals surface area contributed by atoms with Gasteiger partial charge >= 0.3 is 23.9 Å². The van der Waals surface area contributed by atoms with Crippen LogP contribution in [0.25, 0.3) is 0 Å². The first-order valence-electron chi connectivity index (χ1n) is 20.7. The molecule has 1 aliphatic heterocycles. The fourth-order valence-electron chi connectivity index (χ4n) is 7.17. The van der Waals surface area contributed by atoms with Crippen LogP contribution in [0.3, 0.4) is 0 Å². The number of aliphatic hydroxyl groups is 2. The van der Waals surface area contributed by atoms with Gasteiger partial charge in [0, 0.05) is 57.1 Å². The number of carbonyl (C=O) groups is 4. The molecule has 0 spiro atoms. The Labute approximate surface area is 356 Å². The van der Waals surface area contributed by atoms with Crippen LogP contribution >= 0.6 is 0 Å². The number of unbranched alkanes of at least 4 members (excludes halogenated alkanes) is 2. The highest BCUT2D eigenvalue weighted by Gasteiger charge is 2.43. The van der Waals surface area contributed by atoms with Gasteiger partial charge in [0.2, 0.25) is 0 Å². The number of hydrogen-bond acceptors (Lipinski definition) is 12. The number of halogens is 2. The first kappa shape index (κ1) is 48.4. The summed E-state index contributed by atoms with van der Waals surface area (Å²) in [4.78, 5) is 50.1. The lowest BCUT2D eigenvalue weighted by atomic mass is 9.86. The lowest BCUT2D eigenvalue weighted by molar-refractivity contribution is -0.155. The Hall–Kier alpha value is -5.28. The van der Waals surface area contributed by atoms with Gasteiger partial charge in [-0.15, -0.1) is 24.7 Å². The highest BCUT2D eigenvalue weighted by molar-refractivity contribution is 5.89. The second-order valence-corrected chi connectivity index (χ2v) is 15.9. The van der Waals surface area contributed by atoms with E-state index in [4.69, 9.17) is 41.3 Å². The second-order valence-electron chi connectivity index (χ2n) is 15.9. The maximum Gasteiger partial charge on any atom is 0.338 e. The Morgan fingerprint density at radius 2 is 1.54 bits per heavy atom. The minimum Gasteiger partial charge on any atom is -0.487 e. The predicted molar refractivity (Wildman–Crippen MR) is 219 cm³/mol. The van der Waals surface area contributed by atoms with Crippen LogP contribution in [0, 0.1) is 59.5 Å². The largest absolute Gasteiger partial charge is 0.487 e. The summed E-state index contributed by atoms with van der Waals surface area (Å²) in [5, 5.41) is 21.2. The summed E-state index contributed by atoms with van der Waals surface area (Å²) >= 11 is 0.